The van der Waals surface area contributed by atoms with Crippen molar-refractivity contribution in [3.8, 4) is 0 Å². The molecule has 2 aromatic heterocycles. The van der Waals surface area contributed by atoms with Crippen LogP contribution in [0.4, 0.5) is 0 Å². The summed E-state index contributed by atoms with van der Waals surface area (Å²) in [5.74, 6) is 0.741. The van der Waals surface area contributed by atoms with Crippen molar-refractivity contribution in [3.63, 3.8) is 0 Å². The molecule has 0 aliphatic carbocycles. The predicted molar refractivity (Wildman–Crippen MR) is 70.7 cm³/mol. The molecule has 0 saturated heterocycles. The lowest BCUT2D eigenvalue weighted by atomic mass is 9.92. The summed E-state index contributed by atoms with van der Waals surface area (Å²) in [6, 6.07) is 5.64. The van der Waals surface area contributed by atoms with Crippen molar-refractivity contribution in [2.24, 2.45) is 0 Å². The Hall–Kier alpha value is -1.42. The van der Waals surface area contributed by atoms with Gasteiger partial charge in [-0.15, -0.1) is 11.3 Å². The van der Waals surface area contributed by atoms with Gasteiger partial charge in [-0.05, 0) is 11.4 Å². The van der Waals surface area contributed by atoms with Crippen LogP contribution in [0.15, 0.2) is 28.4 Å². The molecule has 4 heteroatoms. The molecule has 0 bridgehead atoms. The van der Waals surface area contributed by atoms with Crippen LogP contribution in [0.25, 0.3) is 0 Å². The molecule has 0 unspecified atom stereocenters. The molecule has 1 N–H and O–H groups in total. The predicted octanol–water partition coefficient (Wildman–Crippen LogP) is 2.72. The highest BCUT2D eigenvalue weighted by Crippen LogP contribution is 2.19. The number of aromatic nitrogens is 2. The molecule has 0 amide bonds. The topological polar surface area (TPSA) is 45.8 Å². The van der Waals surface area contributed by atoms with Crippen molar-refractivity contribution in [1.82, 2.24) is 9.97 Å². The fourth-order valence-electron chi connectivity index (χ4n) is 1.55. The van der Waals surface area contributed by atoms with E-state index in [1.54, 1.807) is 17.4 Å². The van der Waals surface area contributed by atoms with E-state index < -0.39 is 0 Å². The van der Waals surface area contributed by atoms with Gasteiger partial charge in [0, 0.05) is 22.8 Å². The fourth-order valence-corrected chi connectivity index (χ4v) is 2.26. The van der Waals surface area contributed by atoms with Gasteiger partial charge in [0.05, 0.1) is 5.69 Å². The number of hydrogen-bond donors (Lipinski definition) is 1. The third-order valence-corrected chi connectivity index (χ3v) is 3.36. The average molecular weight is 248 g/mol. The van der Waals surface area contributed by atoms with E-state index >= 15 is 0 Å². The second-order valence-corrected chi connectivity index (χ2v) is 6.12. The molecular weight excluding hydrogens is 232 g/mol. The van der Waals surface area contributed by atoms with Gasteiger partial charge in [-0.3, -0.25) is 4.79 Å². The standard InChI is InChI=1S/C13H16N2OS/c1-13(2,3)10-8-12(16)15-11(14-10)7-9-5-4-6-17-9/h4-6,8H,7H2,1-3H3,(H,14,15,16). The molecule has 0 aliphatic rings. The maximum absolute atomic E-state index is 11.6. The van der Waals surface area contributed by atoms with Crippen molar-refractivity contribution in [1.29, 1.82) is 0 Å². The van der Waals surface area contributed by atoms with E-state index in [2.05, 4.69) is 36.8 Å². The minimum absolute atomic E-state index is 0.0727. The Balaban J connectivity index is 2.36. The monoisotopic (exact) mass is 248 g/mol. The van der Waals surface area contributed by atoms with E-state index in [4.69, 9.17) is 0 Å². The molecule has 0 atom stereocenters. The normalized spacial score (nSPS) is 11.7. The molecule has 2 aromatic rings. The summed E-state index contributed by atoms with van der Waals surface area (Å²) in [5.41, 5.74) is 0.669. The van der Waals surface area contributed by atoms with Crippen LogP contribution in [-0.2, 0) is 11.8 Å². The number of aromatic amines is 1. The summed E-state index contributed by atoms with van der Waals surface area (Å²) >= 11 is 1.67. The highest BCUT2D eigenvalue weighted by atomic mass is 32.1. The maximum Gasteiger partial charge on any atom is 0.251 e. The maximum atomic E-state index is 11.6. The number of hydrogen-bond acceptors (Lipinski definition) is 3. The zero-order valence-corrected chi connectivity index (χ0v) is 11.1. The van der Waals surface area contributed by atoms with E-state index in [1.807, 2.05) is 11.4 Å². The van der Waals surface area contributed by atoms with Crippen molar-refractivity contribution < 1.29 is 0 Å². The number of rotatable bonds is 2. The quantitative estimate of drug-likeness (QED) is 0.888. The molecule has 0 saturated carbocycles. The lowest BCUT2D eigenvalue weighted by Crippen LogP contribution is -2.21. The highest BCUT2D eigenvalue weighted by Gasteiger charge is 2.17. The first kappa shape index (κ1) is 12.0. The smallest absolute Gasteiger partial charge is 0.251 e. The number of nitrogens with one attached hydrogen (secondary N) is 1. The van der Waals surface area contributed by atoms with Crippen molar-refractivity contribution in [2.45, 2.75) is 32.6 Å². The lowest BCUT2D eigenvalue weighted by Gasteiger charge is -2.17. The van der Waals surface area contributed by atoms with Crippen LogP contribution in [0.5, 0.6) is 0 Å². The number of nitrogens with zero attached hydrogens (tertiary/aromatic N) is 1. The van der Waals surface area contributed by atoms with E-state index in [-0.39, 0.29) is 11.0 Å². The molecule has 2 heterocycles. The summed E-state index contributed by atoms with van der Waals surface area (Å²) in [6.45, 7) is 6.18. The van der Waals surface area contributed by atoms with Gasteiger partial charge >= 0.3 is 0 Å². The van der Waals surface area contributed by atoms with Gasteiger partial charge in [0.2, 0.25) is 0 Å². The van der Waals surface area contributed by atoms with Gasteiger partial charge in [-0.1, -0.05) is 26.8 Å². The third kappa shape index (κ3) is 3.03. The van der Waals surface area contributed by atoms with Crippen LogP contribution in [0.1, 0.15) is 37.2 Å². The molecule has 0 radical (unpaired) electrons. The SMILES string of the molecule is CC(C)(C)c1cc(=O)[nH]c(Cc2cccs2)n1. The largest absolute Gasteiger partial charge is 0.310 e. The molecule has 3 nitrogen and oxygen atoms in total. The van der Waals surface area contributed by atoms with Gasteiger partial charge in [-0.2, -0.15) is 0 Å². The zero-order chi connectivity index (χ0) is 12.5. The van der Waals surface area contributed by atoms with Gasteiger partial charge in [0.1, 0.15) is 5.82 Å². The molecule has 0 spiro atoms. The Morgan fingerprint density at radius 1 is 1.41 bits per heavy atom. The summed E-state index contributed by atoms with van der Waals surface area (Å²) in [6.07, 6.45) is 0.691. The number of thiophene rings is 1. The van der Waals surface area contributed by atoms with Crippen molar-refractivity contribution in [3.05, 3.63) is 50.3 Å². The first-order valence-electron chi connectivity index (χ1n) is 5.58. The van der Waals surface area contributed by atoms with Gasteiger partial charge in [0.25, 0.3) is 5.56 Å². The molecule has 0 aromatic carbocycles. The van der Waals surface area contributed by atoms with E-state index in [0.29, 0.717) is 6.42 Å². The Morgan fingerprint density at radius 3 is 2.76 bits per heavy atom. The summed E-state index contributed by atoms with van der Waals surface area (Å²) in [7, 11) is 0. The minimum atomic E-state index is -0.0988. The van der Waals surface area contributed by atoms with Crippen molar-refractivity contribution >= 4 is 11.3 Å². The van der Waals surface area contributed by atoms with Crippen molar-refractivity contribution in [2.75, 3.05) is 0 Å². The summed E-state index contributed by atoms with van der Waals surface area (Å²) < 4.78 is 0. The average Bonchev–Trinajstić information content (AvgIpc) is 2.68. The molecule has 17 heavy (non-hydrogen) atoms. The van der Waals surface area contributed by atoms with Crippen LogP contribution >= 0.6 is 11.3 Å². The second kappa shape index (κ2) is 4.45. The molecule has 0 fully saturated rings. The van der Waals surface area contributed by atoms with Crippen LogP contribution in [0.2, 0.25) is 0 Å². The van der Waals surface area contributed by atoms with Crippen LogP contribution < -0.4 is 5.56 Å². The van der Waals surface area contributed by atoms with Gasteiger partial charge in [-0.25, -0.2) is 4.98 Å². The van der Waals surface area contributed by atoms with Crippen LogP contribution in [0.3, 0.4) is 0 Å². The first-order valence-corrected chi connectivity index (χ1v) is 6.46. The summed E-state index contributed by atoms with van der Waals surface area (Å²) in [4.78, 5) is 20.1. The third-order valence-electron chi connectivity index (χ3n) is 2.48. The second-order valence-electron chi connectivity index (χ2n) is 5.08. The van der Waals surface area contributed by atoms with Crippen LogP contribution in [-0.4, -0.2) is 9.97 Å². The van der Waals surface area contributed by atoms with Gasteiger partial charge in [0.15, 0.2) is 0 Å². The molecule has 90 valence electrons. The molecule has 0 aliphatic heterocycles. The fraction of sp³-hybridized carbons (Fsp3) is 0.385. The minimum Gasteiger partial charge on any atom is -0.310 e. The highest BCUT2D eigenvalue weighted by molar-refractivity contribution is 7.09. The lowest BCUT2D eigenvalue weighted by molar-refractivity contribution is 0.561. The van der Waals surface area contributed by atoms with Gasteiger partial charge < -0.3 is 4.98 Å². The Labute approximate surface area is 105 Å². The van der Waals surface area contributed by atoms with E-state index in [1.165, 1.54) is 4.88 Å². The molecule has 2 rings (SSSR count). The summed E-state index contributed by atoms with van der Waals surface area (Å²) in [5, 5.41) is 2.03. The van der Waals surface area contributed by atoms with E-state index in [9.17, 15) is 4.79 Å². The Kier molecular flexibility index (Phi) is 3.15. The first-order chi connectivity index (χ1) is 7.95. The Bertz CT molecular complexity index is 550. The number of H-pyrrole nitrogens is 1. The zero-order valence-electron chi connectivity index (χ0n) is 10.3. The van der Waals surface area contributed by atoms with E-state index in [0.717, 1.165) is 11.5 Å². The Morgan fingerprint density at radius 2 is 2.18 bits per heavy atom. The van der Waals surface area contributed by atoms with Crippen LogP contribution in [0, 0.1) is 0 Å². The molecular formula is C13H16N2OS.